The second-order valence-electron chi connectivity index (χ2n) is 5.07. The maximum Gasteiger partial charge on any atom is 0.0470 e. The van der Waals surface area contributed by atoms with Crippen LogP contribution in [0.25, 0.3) is 0 Å². The minimum Gasteiger partial charge on any atom is -0.329 e. The van der Waals surface area contributed by atoms with Crippen LogP contribution in [-0.4, -0.2) is 24.5 Å². The number of rotatable bonds is 4. The number of nitrogens with zero attached hydrogens (tertiary/aromatic N) is 1. The standard InChI is InChI=1S/C14H22N2/c1-10-6-11(2)8-12(7-10)14(9-15)16(3)13-4-5-13/h6-8,13-14H,4-5,9,15H2,1-3H3. The summed E-state index contributed by atoms with van der Waals surface area (Å²) in [4.78, 5) is 2.44. The van der Waals surface area contributed by atoms with Crippen molar-refractivity contribution in [1.29, 1.82) is 0 Å². The van der Waals surface area contributed by atoms with E-state index < -0.39 is 0 Å². The Morgan fingerprint density at radius 3 is 2.25 bits per heavy atom. The third kappa shape index (κ3) is 2.45. The van der Waals surface area contributed by atoms with Crippen molar-refractivity contribution in [2.75, 3.05) is 13.6 Å². The van der Waals surface area contributed by atoms with E-state index in [0.717, 1.165) is 6.04 Å². The van der Waals surface area contributed by atoms with Crippen LogP contribution in [0.3, 0.4) is 0 Å². The molecule has 0 aliphatic heterocycles. The van der Waals surface area contributed by atoms with Crippen molar-refractivity contribution < 1.29 is 0 Å². The predicted molar refractivity (Wildman–Crippen MR) is 68.5 cm³/mol. The Kier molecular flexibility index (Phi) is 3.31. The third-order valence-electron chi connectivity index (χ3n) is 3.47. The molecule has 2 rings (SSSR count). The molecule has 1 fully saturated rings. The lowest BCUT2D eigenvalue weighted by Gasteiger charge is -2.27. The maximum atomic E-state index is 5.93. The topological polar surface area (TPSA) is 29.3 Å². The Morgan fingerprint density at radius 1 is 1.25 bits per heavy atom. The van der Waals surface area contributed by atoms with Gasteiger partial charge in [-0.25, -0.2) is 0 Å². The first-order valence-electron chi connectivity index (χ1n) is 6.12. The second kappa shape index (κ2) is 4.56. The lowest BCUT2D eigenvalue weighted by Crippen LogP contribution is -2.32. The number of hydrogen-bond acceptors (Lipinski definition) is 2. The second-order valence-corrected chi connectivity index (χ2v) is 5.07. The van der Waals surface area contributed by atoms with Gasteiger partial charge in [0.05, 0.1) is 0 Å². The molecule has 88 valence electrons. The molecule has 0 heterocycles. The Bertz CT molecular complexity index is 349. The van der Waals surface area contributed by atoms with Crippen molar-refractivity contribution in [1.82, 2.24) is 4.90 Å². The zero-order valence-electron chi connectivity index (χ0n) is 10.5. The summed E-state index contributed by atoms with van der Waals surface area (Å²) < 4.78 is 0. The monoisotopic (exact) mass is 218 g/mol. The fraction of sp³-hybridized carbons (Fsp3) is 0.571. The van der Waals surface area contributed by atoms with Crippen molar-refractivity contribution in [2.45, 2.75) is 38.8 Å². The molecule has 0 radical (unpaired) electrons. The Morgan fingerprint density at radius 2 is 1.81 bits per heavy atom. The molecule has 1 aliphatic carbocycles. The normalized spacial score (nSPS) is 17.8. The first kappa shape index (κ1) is 11.6. The molecule has 16 heavy (non-hydrogen) atoms. The first-order valence-corrected chi connectivity index (χ1v) is 6.12. The molecule has 1 aromatic rings. The number of aryl methyl sites for hydroxylation is 2. The summed E-state index contributed by atoms with van der Waals surface area (Å²) in [6.07, 6.45) is 2.66. The van der Waals surface area contributed by atoms with Crippen molar-refractivity contribution in [2.24, 2.45) is 5.73 Å². The first-order chi connectivity index (χ1) is 7.61. The Hall–Kier alpha value is -0.860. The molecule has 0 spiro atoms. The van der Waals surface area contributed by atoms with Crippen LogP contribution in [0.15, 0.2) is 18.2 Å². The van der Waals surface area contributed by atoms with Gasteiger partial charge < -0.3 is 5.73 Å². The minimum absolute atomic E-state index is 0.381. The average molecular weight is 218 g/mol. The summed E-state index contributed by atoms with van der Waals surface area (Å²) >= 11 is 0. The van der Waals surface area contributed by atoms with Gasteiger partial charge >= 0.3 is 0 Å². The van der Waals surface area contributed by atoms with Gasteiger partial charge in [-0.1, -0.05) is 29.3 Å². The molecule has 0 aromatic heterocycles. The van der Waals surface area contributed by atoms with Gasteiger partial charge in [-0.2, -0.15) is 0 Å². The number of hydrogen-bond donors (Lipinski definition) is 1. The van der Waals surface area contributed by atoms with Crippen LogP contribution >= 0.6 is 0 Å². The van der Waals surface area contributed by atoms with Crippen molar-refractivity contribution in [3.63, 3.8) is 0 Å². The largest absolute Gasteiger partial charge is 0.329 e. The summed E-state index contributed by atoms with van der Waals surface area (Å²) in [5.74, 6) is 0. The van der Waals surface area contributed by atoms with E-state index in [1.807, 2.05) is 0 Å². The van der Waals surface area contributed by atoms with Crippen molar-refractivity contribution in [3.05, 3.63) is 34.9 Å². The predicted octanol–water partition coefficient (Wildman–Crippen LogP) is 2.40. The van der Waals surface area contributed by atoms with E-state index >= 15 is 0 Å². The average Bonchev–Trinajstić information content (AvgIpc) is 2.99. The third-order valence-corrected chi connectivity index (χ3v) is 3.47. The molecule has 1 saturated carbocycles. The van der Waals surface area contributed by atoms with E-state index in [0.29, 0.717) is 12.6 Å². The summed E-state index contributed by atoms with van der Waals surface area (Å²) in [5.41, 5.74) is 9.96. The van der Waals surface area contributed by atoms with Crippen LogP contribution in [0.1, 0.15) is 35.6 Å². The molecule has 0 amide bonds. The van der Waals surface area contributed by atoms with Gasteiger partial charge in [0, 0.05) is 18.6 Å². The van der Waals surface area contributed by atoms with Gasteiger partial charge in [0.25, 0.3) is 0 Å². The van der Waals surface area contributed by atoms with E-state index in [9.17, 15) is 0 Å². The van der Waals surface area contributed by atoms with E-state index in [1.54, 1.807) is 0 Å². The van der Waals surface area contributed by atoms with Gasteiger partial charge in [0.1, 0.15) is 0 Å². The van der Waals surface area contributed by atoms with E-state index in [-0.39, 0.29) is 0 Å². The highest BCUT2D eigenvalue weighted by molar-refractivity contribution is 5.31. The Balaban J connectivity index is 2.24. The van der Waals surface area contributed by atoms with E-state index in [2.05, 4.69) is 44.0 Å². The summed E-state index contributed by atoms with van der Waals surface area (Å²) in [6.45, 7) is 5.01. The maximum absolute atomic E-state index is 5.93. The van der Waals surface area contributed by atoms with E-state index in [4.69, 9.17) is 5.73 Å². The fourth-order valence-corrected chi connectivity index (χ4v) is 2.48. The highest BCUT2D eigenvalue weighted by Crippen LogP contribution is 2.32. The summed E-state index contributed by atoms with van der Waals surface area (Å²) in [7, 11) is 2.20. The van der Waals surface area contributed by atoms with Crippen molar-refractivity contribution in [3.8, 4) is 0 Å². The molecule has 2 N–H and O–H groups in total. The molecular weight excluding hydrogens is 196 g/mol. The quantitative estimate of drug-likeness (QED) is 0.841. The highest BCUT2D eigenvalue weighted by Gasteiger charge is 2.31. The Labute approximate surface area is 98.4 Å². The molecule has 1 atom stereocenters. The van der Waals surface area contributed by atoms with Gasteiger partial charge in [-0.3, -0.25) is 4.90 Å². The lowest BCUT2D eigenvalue weighted by atomic mass is 10.0. The SMILES string of the molecule is Cc1cc(C)cc(C(CN)N(C)C2CC2)c1. The summed E-state index contributed by atoms with van der Waals surface area (Å²) in [6, 6.07) is 7.89. The van der Waals surface area contributed by atoms with Gasteiger partial charge in [0.15, 0.2) is 0 Å². The molecule has 2 nitrogen and oxygen atoms in total. The molecule has 0 saturated heterocycles. The number of nitrogens with two attached hydrogens (primary N) is 1. The van der Waals surface area contributed by atoms with Gasteiger partial charge in [-0.05, 0) is 39.3 Å². The van der Waals surface area contributed by atoms with Crippen LogP contribution in [0.5, 0.6) is 0 Å². The van der Waals surface area contributed by atoms with E-state index in [1.165, 1.54) is 29.5 Å². The van der Waals surface area contributed by atoms with Crippen LogP contribution in [0.4, 0.5) is 0 Å². The highest BCUT2D eigenvalue weighted by atomic mass is 15.2. The lowest BCUT2D eigenvalue weighted by molar-refractivity contribution is 0.240. The molecule has 1 unspecified atom stereocenters. The molecule has 0 bridgehead atoms. The van der Waals surface area contributed by atoms with Crippen LogP contribution in [0.2, 0.25) is 0 Å². The molecule has 1 aliphatic rings. The fourth-order valence-electron chi connectivity index (χ4n) is 2.48. The molecule has 1 aromatic carbocycles. The van der Waals surface area contributed by atoms with Crippen LogP contribution in [-0.2, 0) is 0 Å². The van der Waals surface area contributed by atoms with Crippen molar-refractivity contribution >= 4 is 0 Å². The minimum atomic E-state index is 0.381. The molecule has 2 heteroatoms. The zero-order chi connectivity index (χ0) is 11.7. The number of benzene rings is 1. The van der Waals surface area contributed by atoms with Crippen LogP contribution < -0.4 is 5.73 Å². The molecular formula is C14H22N2. The summed E-state index contributed by atoms with van der Waals surface area (Å²) in [5, 5.41) is 0. The smallest absolute Gasteiger partial charge is 0.0470 e. The zero-order valence-corrected chi connectivity index (χ0v) is 10.5. The van der Waals surface area contributed by atoms with Gasteiger partial charge in [0.2, 0.25) is 0 Å². The van der Waals surface area contributed by atoms with Gasteiger partial charge in [-0.15, -0.1) is 0 Å². The number of likely N-dealkylation sites (N-methyl/N-ethyl adjacent to an activating group) is 1. The van der Waals surface area contributed by atoms with Crippen LogP contribution in [0, 0.1) is 13.8 Å².